The smallest absolute Gasteiger partial charge is 0.199 e. The van der Waals surface area contributed by atoms with E-state index in [9.17, 15) is 34.5 Å². The quantitative estimate of drug-likeness (QED) is 0.413. The van der Waals surface area contributed by atoms with E-state index in [1.54, 1.807) is 0 Å². The molecule has 8 heteroatoms. The third-order valence-electron chi connectivity index (χ3n) is 5.50. The van der Waals surface area contributed by atoms with Gasteiger partial charge in [-0.2, -0.15) is 0 Å². The molecule has 0 amide bonds. The van der Waals surface area contributed by atoms with Gasteiger partial charge in [0.2, 0.25) is 0 Å². The molecule has 4 rings (SSSR count). The maximum absolute atomic E-state index is 13.2. The maximum atomic E-state index is 13.2. The van der Waals surface area contributed by atoms with Crippen LogP contribution in [-0.2, 0) is 0 Å². The number of aromatic hydroxyl groups is 3. The predicted molar refractivity (Wildman–Crippen MR) is 113 cm³/mol. The van der Waals surface area contributed by atoms with Gasteiger partial charge in [-0.1, -0.05) is 0 Å². The second-order valence-electron chi connectivity index (χ2n) is 7.26. The summed E-state index contributed by atoms with van der Waals surface area (Å²) in [6.45, 7) is 2.81. The first kappa shape index (κ1) is 20.1. The number of aryl methyl sites for hydroxylation is 1. The summed E-state index contributed by atoms with van der Waals surface area (Å²) in [5, 5.41) is 30.6. The van der Waals surface area contributed by atoms with Crippen LogP contribution in [0, 0.1) is 24.3 Å². The van der Waals surface area contributed by atoms with Gasteiger partial charge in [-0.15, -0.1) is 0 Å². The van der Waals surface area contributed by atoms with Gasteiger partial charge in [0.25, 0.3) is 0 Å². The Morgan fingerprint density at radius 2 is 1.35 bits per heavy atom. The summed E-state index contributed by atoms with van der Waals surface area (Å²) >= 11 is 0. The van der Waals surface area contributed by atoms with Crippen LogP contribution in [0.3, 0.4) is 0 Å². The summed E-state index contributed by atoms with van der Waals surface area (Å²) in [7, 11) is 1.29. The highest BCUT2D eigenvalue weighted by Crippen LogP contribution is 2.49. The minimum absolute atomic E-state index is 0.00597. The fourth-order valence-electron chi connectivity index (χ4n) is 3.96. The van der Waals surface area contributed by atoms with E-state index in [1.807, 2.05) is 0 Å². The van der Waals surface area contributed by atoms with Crippen molar-refractivity contribution in [2.45, 2.75) is 13.8 Å². The Kier molecular flexibility index (Phi) is 4.32. The molecular formula is C23H16O8. The first-order valence-corrected chi connectivity index (χ1v) is 9.17. The molecule has 0 fully saturated rings. The molecule has 0 aromatic heterocycles. The molecule has 0 spiro atoms. The van der Waals surface area contributed by atoms with Crippen molar-refractivity contribution in [3.63, 3.8) is 0 Å². The molecule has 0 radical (unpaired) electrons. The highest BCUT2D eigenvalue weighted by molar-refractivity contribution is 6.06. The van der Waals surface area contributed by atoms with Crippen LogP contribution >= 0.6 is 0 Å². The zero-order chi connectivity index (χ0) is 22.8. The number of phenolic OH excluding ortho intramolecular Hbond substituents is 3. The van der Waals surface area contributed by atoms with Crippen LogP contribution in [0.4, 0.5) is 0 Å². The third-order valence-corrected chi connectivity index (χ3v) is 5.50. The highest BCUT2D eigenvalue weighted by Gasteiger charge is 2.25. The average molecular weight is 420 g/mol. The van der Waals surface area contributed by atoms with Crippen LogP contribution in [0.5, 0.6) is 23.0 Å². The topological polar surface area (TPSA) is 138 Å². The molecule has 0 aliphatic heterocycles. The Morgan fingerprint density at radius 3 is 1.94 bits per heavy atom. The van der Waals surface area contributed by atoms with Crippen LogP contribution in [0.25, 0.3) is 21.9 Å². The van der Waals surface area contributed by atoms with Crippen molar-refractivity contribution >= 4 is 10.8 Å². The third kappa shape index (κ3) is 2.61. The van der Waals surface area contributed by atoms with Crippen LogP contribution in [0.2, 0.25) is 0 Å². The van der Waals surface area contributed by atoms with Gasteiger partial charge in [-0.05, 0) is 43.7 Å². The van der Waals surface area contributed by atoms with Crippen molar-refractivity contribution in [2.75, 3.05) is 7.11 Å². The van der Waals surface area contributed by atoms with Crippen molar-refractivity contribution in [3.8, 4) is 34.1 Å². The summed E-state index contributed by atoms with van der Waals surface area (Å²) in [4.78, 5) is 50.6. The zero-order valence-electron chi connectivity index (χ0n) is 16.7. The van der Waals surface area contributed by atoms with E-state index < -0.39 is 37.9 Å². The SMILES string of the molecule is COc1cc(-c2c(C)c(=O)c3c(=O)ccc(=O)c=3c2=O)c(O)c2c(O)c(C)cc(O)c12. The number of fused-ring (bicyclic) bond motifs is 1. The normalized spacial score (nSPS) is 11.3. The predicted octanol–water partition coefficient (Wildman–Crippen LogP) is 1.29. The molecule has 156 valence electrons. The van der Waals surface area contributed by atoms with Crippen LogP contribution < -0.4 is 26.5 Å². The Bertz CT molecular complexity index is 1690. The van der Waals surface area contributed by atoms with E-state index in [0.717, 1.165) is 12.1 Å². The minimum Gasteiger partial charge on any atom is -0.507 e. The molecule has 3 N–H and O–H groups in total. The Hall–Kier alpha value is -4.20. The fraction of sp³-hybridized carbons (Fsp3) is 0.130. The highest BCUT2D eigenvalue weighted by atomic mass is 16.5. The van der Waals surface area contributed by atoms with E-state index in [4.69, 9.17) is 4.74 Å². The number of hydrogen-bond donors (Lipinski definition) is 3. The fourth-order valence-corrected chi connectivity index (χ4v) is 3.96. The molecule has 31 heavy (non-hydrogen) atoms. The molecule has 2 aliphatic carbocycles. The molecule has 2 aromatic carbocycles. The van der Waals surface area contributed by atoms with Gasteiger partial charge in [0, 0.05) is 16.7 Å². The van der Waals surface area contributed by atoms with Gasteiger partial charge in [-0.3, -0.25) is 19.2 Å². The van der Waals surface area contributed by atoms with Crippen LogP contribution in [0.1, 0.15) is 11.1 Å². The number of rotatable bonds is 2. The summed E-state index contributed by atoms with van der Waals surface area (Å²) in [5.41, 5.74) is -3.61. The molecular weight excluding hydrogens is 404 g/mol. The molecule has 8 nitrogen and oxygen atoms in total. The lowest BCUT2D eigenvalue weighted by Crippen LogP contribution is -2.30. The van der Waals surface area contributed by atoms with Gasteiger partial charge in [0.05, 0.1) is 28.3 Å². The Balaban J connectivity index is 2.34. The molecule has 0 atom stereocenters. The number of benzene rings is 2. The lowest BCUT2D eigenvalue weighted by molar-refractivity contribution is 0.413. The zero-order valence-corrected chi connectivity index (χ0v) is 16.7. The molecule has 0 saturated heterocycles. The summed E-state index contributed by atoms with van der Waals surface area (Å²) < 4.78 is 5.29. The maximum Gasteiger partial charge on any atom is 0.199 e. The number of ether oxygens (including phenoxy) is 1. The van der Waals surface area contributed by atoms with Crippen molar-refractivity contribution in [2.24, 2.45) is 0 Å². The van der Waals surface area contributed by atoms with Crippen LogP contribution in [-0.4, -0.2) is 22.4 Å². The molecule has 2 aromatic rings. The molecule has 0 saturated carbocycles. The van der Waals surface area contributed by atoms with Crippen molar-refractivity contribution in [3.05, 3.63) is 86.7 Å². The Morgan fingerprint density at radius 1 is 0.774 bits per heavy atom. The molecule has 0 bridgehead atoms. The van der Waals surface area contributed by atoms with E-state index in [0.29, 0.717) is 0 Å². The van der Waals surface area contributed by atoms with Gasteiger partial charge in [-0.25, -0.2) is 0 Å². The average Bonchev–Trinajstić information content (AvgIpc) is 2.72. The summed E-state index contributed by atoms with van der Waals surface area (Å²) in [6, 6.07) is 4.37. The van der Waals surface area contributed by atoms with Crippen molar-refractivity contribution in [1.29, 1.82) is 0 Å². The molecule has 2 aliphatic rings. The van der Waals surface area contributed by atoms with Gasteiger partial charge in [0.1, 0.15) is 23.0 Å². The van der Waals surface area contributed by atoms with E-state index in [2.05, 4.69) is 0 Å². The van der Waals surface area contributed by atoms with Gasteiger partial charge >= 0.3 is 0 Å². The van der Waals surface area contributed by atoms with Gasteiger partial charge in [0.15, 0.2) is 21.7 Å². The van der Waals surface area contributed by atoms with E-state index in [1.165, 1.54) is 33.1 Å². The lowest BCUT2D eigenvalue weighted by Gasteiger charge is -2.16. The van der Waals surface area contributed by atoms with Crippen molar-refractivity contribution < 1.29 is 20.1 Å². The van der Waals surface area contributed by atoms with Crippen molar-refractivity contribution in [1.82, 2.24) is 0 Å². The summed E-state index contributed by atoms with van der Waals surface area (Å²) in [6.07, 6.45) is 0. The second kappa shape index (κ2) is 6.66. The molecule has 0 unspecified atom stereocenters. The number of hydrogen-bond acceptors (Lipinski definition) is 8. The van der Waals surface area contributed by atoms with E-state index in [-0.39, 0.29) is 50.3 Å². The Labute approximate surface area is 173 Å². The van der Waals surface area contributed by atoms with Gasteiger partial charge < -0.3 is 20.1 Å². The summed E-state index contributed by atoms with van der Waals surface area (Å²) in [5.74, 6) is -1.20. The minimum atomic E-state index is -0.900. The standard InChI is InChI=1S/C23H16O8/c1-8-6-13(26)16-14(31-3)7-10(22(29)19(16)20(8)27)15-9(2)21(28)17-11(24)4-5-12(25)18(17)23(15)30/h4-7,26-27,29H,1-3H3. The van der Waals surface area contributed by atoms with Crippen LogP contribution in [0.15, 0.2) is 43.4 Å². The van der Waals surface area contributed by atoms with E-state index >= 15 is 0 Å². The number of methoxy groups -OCH3 is 1. The lowest BCUT2D eigenvalue weighted by atomic mass is 9.92. The number of phenols is 3. The largest absolute Gasteiger partial charge is 0.507 e. The second-order valence-corrected chi connectivity index (χ2v) is 7.26. The first-order valence-electron chi connectivity index (χ1n) is 9.17. The molecule has 0 heterocycles. The monoisotopic (exact) mass is 420 g/mol. The first-order chi connectivity index (χ1) is 14.6.